The third-order valence-corrected chi connectivity index (χ3v) is 1.74. The first-order chi connectivity index (χ1) is 5.36. The van der Waals surface area contributed by atoms with Gasteiger partial charge < -0.3 is 5.32 Å². The minimum Gasteiger partial charge on any atom is -0.326 e. The third-order valence-electron chi connectivity index (χ3n) is 1.74. The van der Waals surface area contributed by atoms with Gasteiger partial charge in [-0.3, -0.25) is 4.79 Å². The molecule has 0 saturated heterocycles. The van der Waals surface area contributed by atoms with Gasteiger partial charge in [-0.05, 0) is 11.6 Å². The lowest BCUT2D eigenvalue weighted by Crippen LogP contribution is -2.17. The van der Waals surface area contributed by atoms with Gasteiger partial charge in [-0.1, -0.05) is 18.2 Å². The molecular weight excluding hydrogens is 138 g/mol. The maximum absolute atomic E-state index is 10.9. The Bertz CT molecular complexity index is 293. The van der Waals surface area contributed by atoms with Gasteiger partial charge in [0.2, 0.25) is 5.91 Å². The average Bonchev–Trinajstić information content (AvgIpc) is 2.04. The van der Waals surface area contributed by atoms with Crippen molar-refractivity contribution in [2.45, 2.75) is 6.42 Å². The summed E-state index contributed by atoms with van der Waals surface area (Å²) in [6, 6.07) is 7.78. The molecule has 1 amide bonds. The Kier molecular flexibility index (Phi) is 1.39. The molecule has 2 nitrogen and oxygen atoms in total. The van der Waals surface area contributed by atoms with Gasteiger partial charge >= 0.3 is 0 Å². The number of rotatable bonds is 0. The van der Waals surface area contributed by atoms with E-state index in [-0.39, 0.29) is 5.91 Å². The van der Waals surface area contributed by atoms with Crippen molar-refractivity contribution >= 4 is 11.6 Å². The summed E-state index contributed by atoms with van der Waals surface area (Å²) in [7, 11) is 0. The number of para-hydroxylation sites is 1. The van der Waals surface area contributed by atoms with Crippen LogP contribution in [0, 0.1) is 6.42 Å². The zero-order chi connectivity index (χ0) is 7.68. The summed E-state index contributed by atoms with van der Waals surface area (Å²) in [5, 5.41) is 2.79. The normalized spacial score (nSPS) is 15.5. The molecular formula is C9H8NO. The van der Waals surface area contributed by atoms with E-state index in [1.165, 1.54) is 0 Å². The largest absolute Gasteiger partial charge is 0.326 e. The van der Waals surface area contributed by atoms with Crippen LogP contribution in [0.3, 0.4) is 0 Å². The summed E-state index contributed by atoms with van der Waals surface area (Å²) in [6.45, 7) is 0. The maximum Gasteiger partial charge on any atom is 0.225 e. The number of amides is 1. The highest BCUT2D eigenvalue weighted by Gasteiger charge is 2.12. The van der Waals surface area contributed by atoms with Crippen molar-refractivity contribution in [3.8, 4) is 0 Å². The van der Waals surface area contributed by atoms with Gasteiger partial charge in [0, 0.05) is 18.5 Å². The Morgan fingerprint density at radius 3 is 3.00 bits per heavy atom. The SMILES string of the molecule is O=C1C[CH]c2ccccc2N1. The van der Waals surface area contributed by atoms with Crippen molar-refractivity contribution in [1.82, 2.24) is 0 Å². The zero-order valence-corrected chi connectivity index (χ0v) is 6.00. The van der Waals surface area contributed by atoms with Gasteiger partial charge in [-0.15, -0.1) is 0 Å². The topological polar surface area (TPSA) is 29.1 Å². The third kappa shape index (κ3) is 1.11. The second-order valence-electron chi connectivity index (χ2n) is 2.54. The molecule has 11 heavy (non-hydrogen) atoms. The van der Waals surface area contributed by atoms with Crippen LogP contribution < -0.4 is 5.32 Å². The highest BCUT2D eigenvalue weighted by Crippen LogP contribution is 2.22. The molecule has 2 heteroatoms. The molecule has 2 rings (SSSR count). The van der Waals surface area contributed by atoms with Gasteiger partial charge in [0.1, 0.15) is 0 Å². The summed E-state index contributed by atoms with van der Waals surface area (Å²) in [5.41, 5.74) is 2.04. The van der Waals surface area contributed by atoms with E-state index in [9.17, 15) is 4.79 Å². The number of fused-ring (bicyclic) bond motifs is 1. The fourth-order valence-corrected chi connectivity index (χ4v) is 1.19. The second kappa shape index (κ2) is 2.38. The van der Waals surface area contributed by atoms with Gasteiger partial charge in [0.15, 0.2) is 0 Å². The lowest BCUT2D eigenvalue weighted by Gasteiger charge is -2.15. The molecule has 1 aromatic rings. The number of nitrogens with one attached hydrogen (secondary N) is 1. The van der Waals surface area contributed by atoms with Crippen LogP contribution >= 0.6 is 0 Å². The summed E-state index contributed by atoms with van der Waals surface area (Å²) in [6.07, 6.45) is 2.44. The molecule has 0 spiro atoms. The van der Waals surface area contributed by atoms with E-state index in [1.54, 1.807) is 0 Å². The molecule has 0 fully saturated rings. The number of hydrogen-bond donors (Lipinski definition) is 1. The molecule has 0 bridgehead atoms. The van der Waals surface area contributed by atoms with Crippen molar-refractivity contribution in [1.29, 1.82) is 0 Å². The molecule has 1 aromatic carbocycles. The number of anilines is 1. The first-order valence-electron chi connectivity index (χ1n) is 3.58. The highest BCUT2D eigenvalue weighted by atomic mass is 16.1. The van der Waals surface area contributed by atoms with Crippen molar-refractivity contribution in [3.63, 3.8) is 0 Å². The van der Waals surface area contributed by atoms with Gasteiger partial charge in [0.25, 0.3) is 0 Å². The van der Waals surface area contributed by atoms with E-state index in [0.29, 0.717) is 6.42 Å². The fourth-order valence-electron chi connectivity index (χ4n) is 1.19. The van der Waals surface area contributed by atoms with Gasteiger partial charge in [0.05, 0.1) is 0 Å². The fraction of sp³-hybridized carbons (Fsp3) is 0.111. The zero-order valence-electron chi connectivity index (χ0n) is 6.00. The quantitative estimate of drug-likeness (QED) is 0.591. The molecule has 1 aliphatic rings. The number of benzene rings is 1. The van der Waals surface area contributed by atoms with Crippen LogP contribution in [0.4, 0.5) is 5.69 Å². The lowest BCUT2D eigenvalue weighted by molar-refractivity contribution is -0.115. The monoisotopic (exact) mass is 146 g/mol. The summed E-state index contributed by atoms with van der Waals surface area (Å²) >= 11 is 0. The summed E-state index contributed by atoms with van der Waals surface area (Å²) in [4.78, 5) is 10.9. The molecule has 0 unspecified atom stereocenters. The molecule has 1 N–H and O–H groups in total. The Labute approximate surface area is 65.2 Å². The minimum atomic E-state index is 0.0729. The first-order valence-corrected chi connectivity index (χ1v) is 3.58. The molecule has 1 aliphatic heterocycles. The standard InChI is InChI=1S/C9H8NO/c11-9-6-5-7-3-1-2-4-8(7)10-9/h1-5H,6H2,(H,10,11). The van der Waals surface area contributed by atoms with E-state index < -0.39 is 0 Å². The smallest absolute Gasteiger partial charge is 0.225 e. The van der Waals surface area contributed by atoms with Crippen LogP contribution in [0.25, 0.3) is 0 Å². The Hall–Kier alpha value is -1.31. The van der Waals surface area contributed by atoms with Crippen LogP contribution in [0.5, 0.6) is 0 Å². The van der Waals surface area contributed by atoms with Crippen LogP contribution in [0.15, 0.2) is 24.3 Å². The molecule has 0 atom stereocenters. The lowest BCUT2D eigenvalue weighted by atomic mass is 10.0. The van der Waals surface area contributed by atoms with E-state index in [1.807, 2.05) is 30.7 Å². The Morgan fingerprint density at radius 2 is 2.09 bits per heavy atom. The molecule has 0 aromatic heterocycles. The van der Waals surface area contributed by atoms with Crippen LogP contribution in [0.2, 0.25) is 0 Å². The van der Waals surface area contributed by atoms with E-state index in [4.69, 9.17) is 0 Å². The van der Waals surface area contributed by atoms with Crippen molar-refractivity contribution in [2.24, 2.45) is 0 Å². The van der Waals surface area contributed by atoms with E-state index in [0.717, 1.165) is 11.3 Å². The van der Waals surface area contributed by atoms with Crippen molar-refractivity contribution < 1.29 is 4.79 Å². The number of carbonyl (C=O) groups is 1. The molecule has 0 aliphatic carbocycles. The average molecular weight is 146 g/mol. The van der Waals surface area contributed by atoms with Gasteiger partial charge in [-0.25, -0.2) is 0 Å². The Balaban J connectivity index is 2.41. The Morgan fingerprint density at radius 1 is 1.27 bits per heavy atom. The van der Waals surface area contributed by atoms with Crippen molar-refractivity contribution in [2.75, 3.05) is 5.32 Å². The number of carbonyl (C=O) groups excluding carboxylic acids is 1. The summed E-state index contributed by atoms with van der Waals surface area (Å²) in [5.74, 6) is 0.0729. The van der Waals surface area contributed by atoms with Crippen LogP contribution in [-0.4, -0.2) is 5.91 Å². The predicted molar refractivity (Wildman–Crippen MR) is 43.1 cm³/mol. The minimum absolute atomic E-state index is 0.0729. The summed E-state index contributed by atoms with van der Waals surface area (Å²) < 4.78 is 0. The maximum atomic E-state index is 10.9. The highest BCUT2D eigenvalue weighted by molar-refractivity contribution is 5.95. The van der Waals surface area contributed by atoms with Gasteiger partial charge in [-0.2, -0.15) is 0 Å². The van der Waals surface area contributed by atoms with Crippen LogP contribution in [0.1, 0.15) is 12.0 Å². The molecule has 1 radical (unpaired) electrons. The van der Waals surface area contributed by atoms with E-state index >= 15 is 0 Å². The molecule has 1 heterocycles. The molecule has 0 saturated carbocycles. The molecule has 55 valence electrons. The van der Waals surface area contributed by atoms with Crippen LogP contribution in [-0.2, 0) is 4.79 Å². The first kappa shape index (κ1) is 6.40. The van der Waals surface area contributed by atoms with Crippen molar-refractivity contribution in [3.05, 3.63) is 36.2 Å². The number of hydrogen-bond acceptors (Lipinski definition) is 1. The predicted octanol–water partition coefficient (Wildman–Crippen LogP) is 1.58. The second-order valence-corrected chi connectivity index (χ2v) is 2.54. The van der Waals surface area contributed by atoms with E-state index in [2.05, 4.69) is 5.32 Å².